The van der Waals surface area contributed by atoms with Gasteiger partial charge >= 0.3 is 0 Å². The zero-order valence-electron chi connectivity index (χ0n) is 9.32. The van der Waals surface area contributed by atoms with Gasteiger partial charge in [0, 0.05) is 12.4 Å². The van der Waals surface area contributed by atoms with Crippen molar-refractivity contribution >= 4 is 10.9 Å². The van der Waals surface area contributed by atoms with Crippen LogP contribution >= 0.6 is 0 Å². The number of aromatic amines is 1. The molecule has 0 aliphatic carbocycles. The lowest BCUT2D eigenvalue weighted by Gasteiger charge is -2.11. The van der Waals surface area contributed by atoms with E-state index in [0.29, 0.717) is 16.5 Å². The number of rotatable bonds is 2. The molecule has 2 rings (SSSR count). The Morgan fingerprint density at radius 3 is 3.00 bits per heavy atom. The third-order valence-corrected chi connectivity index (χ3v) is 2.93. The fraction of sp³-hybridized carbons (Fsp3) is 0.333. The molecule has 0 saturated heterocycles. The molecule has 0 saturated carbocycles. The summed E-state index contributed by atoms with van der Waals surface area (Å²) in [6.07, 6.45) is 3.95. The quantitative estimate of drug-likeness (QED) is 0.811. The lowest BCUT2D eigenvalue weighted by Crippen LogP contribution is -2.15. The van der Waals surface area contributed by atoms with E-state index in [9.17, 15) is 9.90 Å². The maximum Gasteiger partial charge on any atom is 0.255 e. The van der Waals surface area contributed by atoms with Crippen LogP contribution in [-0.2, 0) is 0 Å². The molecule has 0 bridgehead atoms. The standard InChI is InChI=1S/C12H14N2O2/c1-3-7(2)10-11(15)8-6-13-5-4-9(8)14-12(10)16/h4-7H,3H2,1-2H3,(H2,14,15,16). The van der Waals surface area contributed by atoms with Gasteiger partial charge in [-0.15, -0.1) is 0 Å². The predicted molar refractivity (Wildman–Crippen MR) is 62.7 cm³/mol. The Labute approximate surface area is 93.0 Å². The van der Waals surface area contributed by atoms with E-state index in [2.05, 4.69) is 9.97 Å². The van der Waals surface area contributed by atoms with E-state index in [0.717, 1.165) is 6.42 Å². The summed E-state index contributed by atoms with van der Waals surface area (Å²) in [6.45, 7) is 3.91. The maximum atomic E-state index is 11.8. The average molecular weight is 218 g/mol. The van der Waals surface area contributed by atoms with Crippen molar-refractivity contribution in [3.63, 3.8) is 0 Å². The van der Waals surface area contributed by atoms with Gasteiger partial charge in [0.25, 0.3) is 5.56 Å². The van der Waals surface area contributed by atoms with Crippen molar-refractivity contribution in [1.82, 2.24) is 9.97 Å². The van der Waals surface area contributed by atoms with Crippen LogP contribution in [0.15, 0.2) is 23.3 Å². The van der Waals surface area contributed by atoms with Crippen molar-refractivity contribution < 1.29 is 5.11 Å². The van der Waals surface area contributed by atoms with Gasteiger partial charge < -0.3 is 10.1 Å². The lowest BCUT2D eigenvalue weighted by atomic mass is 9.98. The van der Waals surface area contributed by atoms with E-state index in [1.165, 1.54) is 0 Å². The third kappa shape index (κ3) is 1.56. The topological polar surface area (TPSA) is 66.0 Å². The molecular formula is C12H14N2O2. The first-order chi connectivity index (χ1) is 7.65. The van der Waals surface area contributed by atoms with Gasteiger partial charge in [-0.05, 0) is 18.4 Å². The minimum atomic E-state index is -0.217. The van der Waals surface area contributed by atoms with Crippen molar-refractivity contribution in [3.8, 4) is 5.75 Å². The molecule has 0 spiro atoms. The molecule has 0 radical (unpaired) electrons. The van der Waals surface area contributed by atoms with E-state index in [1.54, 1.807) is 18.5 Å². The Balaban J connectivity index is 2.81. The molecule has 1 unspecified atom stereocenters. The highest BCUT2D eigenvalue weighted by molar-refractivity contribution is 5.84. The number of nitrogens with one attached hydrogen (secondary N) is 1. The molecule has 84 valence electrons. The molecular weight excluding hydrogens is 204 g/mol. The maximum absolute atomic E-state index is 11.8. The summed E-state index contributed by atoms with van der Waals surface area (Å²) in [4.78, 5) is 18.5. The van der Waals surface area contributed by atoms with Gasteiger partial charge in [0.05, 0.1) is 16.5 Å². The first-order valence-corrected chi connectivity index (χ1v) is 5.34. The molecule has 0 fully saturated rings. The molecule has 0 aliphatic rings. The lowest BCUT2D eigenvalue weighted by molar-refractivity contribution is 0.466. The van der Waals surface area contributed by atoms with Crippen LogP contribution in [0.4, 0.5) is 0 Å². The normalized spacial score (nSPS) is 12.9. The van der Waals surface area contributed by atoms with Crippen LogP contribution in [0, 0.1) is 0 Å². The number of nitrogens with zero attached hydrogens (tertiary/aromatic N) is 1. The fourth-order valence-electron chi connectivity index (χ4n) is 1.80. The monoisotopic (exact) mass is 218 g/mol. The number of hydrogen-bond donors (Lipinski definition) is 2. The van der Waals surface area contributed by atoms with Crippen molar-refractivity contribution in [1.29, 1.82) is 0 Å². The molecule has 2 aromatic heterocycles. The summed E-state index contributed by atoms with van der Waals surface area (Å²) in [5, 5.41) is 10.7. The minimum absolute atomic E-state index is 0.0355. The Morgan fingerprint density at radius 2 is 2.31 bits per heavy atom. The zero-order chi connectivity index (χ0) is 11.7. The van der Waals surface area contributed by atoms with Crippen molar-refractivity contribution in [2.24, 2.45) is 0 Å². The largest absolute Gasteiger partial charge is 0.507 e. The summed E-state index contributed by atoms with van der Waals surface area (Å²) >= 11 is 0. The summed E-state index contributed by atoms with van der Waals surface area (Å²) in [7, 11) is 0. The second-order valence-corrected chi connectivity index (χ2v) is 3.95. The van der Waals surface area contributed by atoms with Crippen LogP contribution in [0.1, 0.15) is 31.7 Å². The molecule has 4 nitrogen and oxygen atoms in total. The van der Waals surface area contributed by atoms with Crippen molar-refractivity contribution in [3.05, 3.63) is 34.4 Å². The summed E-state index contributed by atoms with van der Waals surface area (Å²) in [6, 6.07) is 1.68. The second-order valence-electron chi connectivity index (χ2n) is 3.95. The average Bonchev–Trinajstić information content (AvgIpc) is 2.28. The van der Waals surface area contributed by atoms with E-state index in [1.807, 2.05) is 13.8 Å². The number of H-pyrrole nitrogens is 1. The van der Waals surface area contributed by atoms with E-state index in [4.69, 9.17) is 0 Å². The van der Waals surface area contributed by atoms with Gasteiger partial charge in [-0.3, -0.25) is 9.78 Å². The molecule has 1 atom stereocenters. The number of fused-ring (bicyclic) bond motifs is 1. The van der Waals surface area contributed by atoms with Gasteiger partial charge in [0.15, 0.2) is 0 Å². The Bertz CT molecular complexity index is 575. The smallest absolute Gasteiger partial charge is 0.255 e. The van der Waals surface area contributed by atoms with Crippen LogP contribution < -0.4 is 5.56 Å². The molecule has 4 heteroatoms. The summed E-state index contributed by atoms with van der Waals surface area (Å²) in [5.74, 6) is 0.0922. The van der Waals surface area contributed by atoms with Crippen LogP contribution in [0.5, 0.6) is 5.75 Å². The van der Waals surface area contributed by atoms with Crippen LogP contribution in [0.2, 0.25) is 0 Å². The highest BCUT2D eigenvalue weighted by atomic mass is 16.3. The van der Waals surface area contributed by atoms with Crippen LogP contribution in [0.3, 0.4) is 0 Å². The Kier molecular flexibility index (Phi) is 2.64. The number of aromatic nitrogens is 2. The van der Waals surface area contributed by atoms with E-state index in [-0.39, 0.29) is 17.2 Å². The van der Waals surface area contributed by atoms with Crippen LogP contribution in [-0.4, -0.2) is 15.1 Å². The molecule has 0 aromatic carbocycles. The highest BCUT2D eigenvalue weighted by Crippen LogP contribution is 2.29. The molecule has 2 heterocycles. The molecule has 2 N–H and O–H groups in total. The summed E-state index contributed by atoms with van der Waals surface area (Å²) in [5.41, 5.74) is 0.845. The fourth-order valence-corrected chi connectivity index (χ4v) is 1.80. The Hall–Kier alpha value is -1.84. The zero-order valence-corrected chi connectivity index (χ0v) is 9.32. The molecule has 0 amide bonds. The van der Waals surface area contributed by atoms with Gasteiger partial charge in [0.2, 0.25) is 0 Å². The number of pyridine rings is 2. The Morgan fingerprint density at radius 1 is 1.56 bits per heavy atom. The molecule has 16 heavy (non-hydrogen) atoms. The first-order valence-electron chi connectivity index (χ1n) is 5.34. The van der Waals surface area contributed by atoms with E-state index >= 15 is 0 Å². The second kappa shape index (κ2) is 3.96. The SMILES string of the molecule is CCC(C)c1c(O)c2cnccc2[nH]c1=O. The number of hydrogen-bond acceptors (Lipinski definition) is 3. The van der Waals surface area contributed by atoms with Crippen molar-refractivity contribution in [2.45, 2.75) is 26.2 Å². The molecule has 2 aromatic rings. The van der Waals surface area contributed by atoms with Gasteiger partial charge in [-0.2, -0.15) is 0 Å². The molecule has 0 aliphatic heterocycles. The predicted octanol–water partition coefficient (Wildman–Crippen LogP) is 2.14. The minimum Gasteiger partial charge on any atom is -0.507 e. The van der Waals surface area contributed by atoms with Crippen molar-refractivity contribution in [2.75, 3.05) is 0 Å². The third-order valence-electron chi connectivity index (χ3n) is 2.93. The van der Waals surface area contributed by atoms with E-state index < -0.39 is 0 Å². The van der Waals surface area contributed by atoms with Gasteiger partial charge in [-0.1, -0.05) is 13.8 Å². The summed E-state index contributed by atoms with van der Waals surface area (Å²) < 4.78 is 0. The van der Waals surface area contributed by atoms with Crippen LogP contribution in [0.25, 0.3) is 10.9 Å². The number of aromatic hydroxyl groups is 1. The van der Waals surface area contributed by atoms with Gasteiger partial charge in [0.1, 0.15) is 5.75 Å². The first kappa shape index (κ1) is 10.7. The van der Waals surface area contributed by atoms with Gasteiger partial charge in [-0.25, -0.2) is 0 Å². The highest BCUT2D eigenvalue weighted by Gasteiger charge is 2.16.